The first-order chi connectivity index (χ1) is 8.94. The van der Waals surface area contributed by atoms with Gasteiger partial charge in [-0.2, -0.15) is 13.2 Å². The summed E-state index contributed by atoms with van der Waals surface area (Å²) in [5.74, 6) is 0. The van der Waals surface area contributed by atoms with E-state index in [1.807, 2.05) is 0 Å². The maximum absolute atomic E-state index is 12.1. The van der Waals surface area contributed by atoms with E-state index in [2.05, 4.69) is 5.32 Å². The molecule has 0 saturated carbocycles. The van der Waals surface area contributed by atoms with Gasteiger partial charge in [-0.25, -0.2) is 0 Å². The molecule has 3 nitrogen and oxygen atoms in total. The van der Waals surface area contributed by atoms with Gasteiger partial charge in [0.25, 0.3) is 0 Å². The lowest BCUT2D eigenvalue weighted by molar-refractivity contribution is -0.0328. The number of hydrogen-bond acceptors (Lipinski definition) is 4. The third kappa shape index (κ3) is 6.81. The van der Waals surface area contributed by atoms with E-state index in [1.165, 1.54) is 19.2 Å². The average molecular weight is 295 g/mol. The maximum atomic E-state index is 12.1. The Hall–Kier alpha value is -0.760. The van der Waals surface area contributed by atoms with Gasteiger partial charge in [0, 0.05) is 18.6 Å². The van der Waals surface area contributed by atoms with Crippen molar-refractivity contribution in [2.45, 2.75) is 23.0 Å². The molecular weight excluding hydrogens is 279 g/mol. The number of rotatable bonds is 7. The van der Waals surface area contributed by atoms with Crippen LogP contribution in [-0.4, -0.2) is 37.0 Å². The number of thioether (sulfide) groups is 1. The molecule has 0 radical (unpaired) electrons. The van der Waals surface area contributed by atoms with Gasteiger partial charge < -0.3 is 15.2 Å². The third-order valence-electron chi connectivity index (χ3n) is 2.34. The molecule has 0 aliphatic carbocycles. The van der Waals surface area contributed by atoms with Gasteiger partial charge in [0.05, 0.1) is 19.3 Å². The first kappa shape index (κ1) is 16.3. The fourth-order valence-corrected chi connectivity index (χ4v) is 1.99. The number of hydrogen-bond donors (Lipinski definition) is 2. The van der Waals surface area contributed by atoms with Crippen LogP contribution in [0.1, 0.15) is 5.56 Å². The minimum Gasteiger partial charge on any atom is -0.395 e. The molecule has 2 N–H and O–H groups in total. The van der Waals surface area contributed by atoms with E-state index in [1.54, 1.807) is 12.1 Å². The molecule has 0 fully saturated rings. The Bertz CT molecular complexity index is 370. The summed E-state index contributed by atoms with van der Waals surface area (Å²) in [6, 6.07) is 5.93. The number of aliphatic hydroxyl groups is 1. The van der Waals surface area contributed by atoms with Gasteiger partial charge in [-0.1, -0.05) is 12.1 Å². The summed E-state index contributed by atoms with van der Waals surface area (Å²) in [7, 11) is 1.54. The summed E-state index contributed by atoms with van der Waals surface area (Å²) < 4.78 is 41.3. The van der Waals surface area contributed by atoms with Crippen molar-refractivity contribution in [1.82, 2.24) is 5.32 Å². The molecule has 0 bridgehead atoms. The highest BCUT2D eigenvalue weighted by molar-refractivity contribution is 8.00. The van der Waals surface area contributed by atoms with Crippen LogP contribution in [0.15, 0.2) is 29.2 Å². The van der Waals surface area contributed by atoms with Crippen LogP contribution in [0.4, 0.5) is 13.2 Å². The zero-order valence-corrected chi connectivity index (χ0v) is 11.2. The molecule has 0 heterocycles. The number of ether oxygens (including phenoxy) is 1. The van der Waals surface area contributed by atoms with Crippen LogP contribution >= 0.6 is 11.8 Å². The van der Waals surface area contributed by atoms with Crippen molar-refractivity contribution in [2.75, 3.05) is 20.3 Å². The van der Waals surface area contributed by atoms with E-state index in [9.17, 15) is 13.2 Å². The topological polar surface area (TPSA) is 41.5 Å². The minimum atomic E-state index is -4.26. The number of nitrogens with one attached hydrogen (secondary N) is 1. The molecule has 1 rings (SSSR count). The van der Waals surface area contributed by atoms with E-state index in [0.29, 0.717) is 13.2 Å². The lowest BCUT2D eigenvalue weighted by Gasteiger charge is -2.15. The standard InChI is InChI=1S/C12H16F3NO2S/c1-18-8-10(7-17)16-6-9-2-4-11(5-3-9)19-12(13,14)15/h2-5,10,16-17H,6-8H2,1H3. The molecule has 7 heteroatoms. The van der Waals surface area contributed by atoms with Crippen LogP contribution in [0, 0.1) is 0 Å². The Balaban J connectivity index is 2.48. The normalized spacial score (nSPS) is 13.5. The molecule has 0 aliphatic rings. The molecule has 1 unspecified atom stereocenters. The average Bonchev–Trinajstić information content (AvgIpc) is 2.34. The van der Waals surface area contributed by atoms with Gasteiger partial charge in [0.1, 0.15) is 0 Å². The number of aliphatic hydroxyl groups excluding tert-OH is 1. The number of halogens is 3. The number of benzene rings is 1. The molecule has 0 aliphatic heterocycles. The summed E-state index contributed by atoms with van der Waals surface area (Å²) in [5.41, 5.74) is -3.42. The Labute approximate surface area is 114 Å². The zero-order chi connectivity index (χ0) is 14.3. The Morgan fingerprint density at radius 1 is 1.32 bits per heavy atom. The fraction of sp³-hybridized carbons (Fsp3) is 0.500. The van der Waals surface area contributed by atoms with E-state index in [-0.39, 0.29) is 29.3 Å². The second-order valence-electron chi connectivity index (χ2n) is 3.91. The zero-order valence-electron chi connectivity index (χ0n) is 10.4. The molecule has 0 aromatic heterocycles. The summed E-state index contributed by atoms with van der Waals surface area (Å²) in [4.78, 5) is 0.159. The van der Waals surface area contributed by atoms with Crippen LogP contribution in [0.3, 0.4) is 0 Å². The van der Waals surface area contributed by atoms with Crippen molar-refractivity contribution in [1.29, 1.82) is 0 Å². The van der Waals surface area contributed by atoms with Gasteiger partial charge in [-0.05, 0) is 29.5 Å². The van der Waals surface area contributed by atoms with E-state index < -0.39 is 5.51 Å². The molecule has 19 heavy (non-hydrogen) atoms. The summed E-state index contributed by atoms with van der Waals surface area (Å²) in [5, 5.41) is 12.1. The van der Waals surface area contributed by atoms with Crippen molar-refractivity contribution in [3.05, 3.63) is 29.8 Å². The predicted octanol–water partition coefficient (Wildman–Crippen LogP) is 2.40. The largest absolute Gasteiger partial charge is 0.446 e. The minimum absolute atomic E-state index is 0.0597. The summed E-state index contributed by atoms with van der Waals surface area (Å²) >= 11 is -0.134. The van der Waals surface area contributed by atoms with E-state index in [0.717, 1.165) is 5.56 Å². The van der Waals surface area contributed by atoms with Gasteiger partial charge in [0.15, 0.2) is 0 Å². The van der Waals surface area contributed by atoms with Crippen LogP contribution in [-0.2, 0) is 11.3 Å². The van der Waals surface area contributed by atoms with Crippen molar-refractivity contribution in [3.63, 3.8) is 0 Å². The van der Waals surface area contributed by atoms with Crippen molar-refractivity contribution in [3.8, 4) is 0 Å². The van der Waals surface area contributed by atoms with Crippen molar-refractivity contribution < 1.29 is 23.0 Å². The molecule has 0 saturated heterocycles. The van der Waals surface area contributed by atoms with E-state index >= 15 is 0 Å². The Kier molecular flexibility index (Phi) is 6.64. The second-order valence-corrected chi connectivity index (χ2v) is 5.05. The van der Waals surface area contributed by atoms with Crippen molar-refractivity contribution in [2.24, 2.45) is 0 Å². The summed E-state index contributed by atoms with van der Waals surface area (Å²) in [6.45, 7) is 0.778. The Morgan fingerprint density at radius 2 is 1.95 bits per heavy atom. The lowest BCUT2D eigenvalue weighted by atomic mass is 10.2. The van der Waals surface area contributed by atoms with Gasteiger partial charge in [-0.15, -0.1) is 0 Å². The molecular formula is C12H16F3NO2S. The first-order valence-corrected chi connectivity index (χ1v) is 6.44. The number of methoxy groups -OCH3 is 1. The maximum Gasteiger partial charge on any atom is 0.446 e. The number of alkyl halides is 3. The van der Waals surface area contributed by atoms with Gasteiger partial charge in [0.2, 0.25) is 0 Å². The fourth-order valence-electron chi connectivity index (χ4n) is 1.45. The molecule has 108 valence electrons. The third-order valence-corrected chi connectivity index (χ3v) is 3.08. The van der Waals surface area contributed by atoms with Crippen molar-refractivity contribution >= 4 is 11.8 Å². The van der Waals surface area contributed by atoms with Crippen LogP contribution in [0.2, 0.25) is 0 Å². The molecule has 1 aromatic carbocycles. The quantitative estimate of drug-likeness (QED) is 0.758. The molecule has 1 aromatic rings. The van der Waals surface area contributed by atoms with E-state index in [4.69, 9.17) is 9.84 Å². The van der Waals surface area contributed by atoms with Crippen LogP contribution < -0.4 is 5.32 Å². The molecule has 0 spiro atoms. The lowest BCUT2D eigenvalue weighted by Crippen LogP contribution is -2.35. The second kappa shape index (κ2) is 7.74. The summed E-state index contributed by atoms with van der Waals surface area (Å²) in [6.07, 6.45) is 0. The molecule has 0 amide bonds. The predicted molar refractivity (Wildman–Crippen MR) is 67.9 cm³/mol. The monoisotopic (exact) mass is 295 g/mol. The van der Waals surface area contributed by atoms with Gasteiger partial charge >= 0.3 is 5.51 Å². The highest BCUT2D eigenvalue weighted by Gasteiger charge is 2.28. The SMILES string of the molecule is COCC(CO)NCc1ccc(SC(F)(F)F)cc1. The van der Waals surface area contributed by atoms with Gasteiger partial charge in [-0.3, -0.25) is 0 Å². The Morgan fingerprint density at radius 3 is 2.42 bits per heavy atom. The van der Waals surface area contributed by atoms with Crippen LogP contribution in [0.5, 0.6) is 0 Å². The first-order valence-electron chi connectivity index (χ1n) is 5.62. The molecule has 1 atom stereocenters. The van der Waals surface area contributed by atoms with Crippen LogP contribution in [0.25, 0.3) is 0 Å². The highest BCUT2D eigenvalue weighted by Crippen LogP contribution is 2.36. The highest BCUT2D eigenvalue weighted by atomic mass is 32.2. The smallest absolute Gasteiger partial charge is 0.395 e.